The molecule has 154 valence electrons. The second-order valence-corrected chi connectivity index (χ2v) is 10.4. The molecule has 28 heavy (non-hydrogen) atoms. The lowest BCUT2D eigenvalue weighted by Crippen LogP contribution is -2.37. The van der Waals surface area contributed by atoms with Gasteiger partial charge in [0.25, 0.3) is 0 Å². The van der Waals surface area contributed by atoms with Gasteiger partial charge < -0.3 is 0 Å². The highest BCUT2D eigenvalue weighted by Gasteiger charge is 2.31. The molecule has 0 unspecified atom stereocenters. The summed E-state index contributed by atoms with van der Waals surface area (Å²) in [5.41, 5.74) is 0.00147. The number of hydrogen-bond donors (Lipinski definition) is 0. The Morgan fingerprint density at radius 2 is 1.57 bits per heavy atom. The summed E-state index contributed by atoms with van der Waals surface area (Å²) in [6, 6.07) is 2.61. The summed E-state index contributed by atoms with van der Waals surface area (Å²) in [5.74, 6) is -2.26. The number of halogens is 2. The van der Waals surface area contributed by atoms with Crippen LogP contribution in [0.25, 0.3) is 0 Å². The summed E-state index contributed by atoms with van der Waals surface area (Å²) in [6.45, 7) is 0.227. The van der Waals surface area contributed by atoms with Gasteiger partial charge in [-0.3, -0.25) is 4.68 Å². The highest BCUT2D eigenvalue weighted by atomic mass is 32.2. The molecule has 0 aliphatic carbocycles. The monoisotopic (exact) mass is 434 g/mol. The van der Waals surface area contributed by atoms with E-state index in [0.717, 1.165) is 16.4 Å². The lowest BCUT2D eigenvalue weighted by molar-refractivity contribution is 0.404. The first kappa shape index (κ1) is 20.8. The third-order valence-corrected chi connectivity index (χ3v) is 8.10. The lowest BCUT2D eigenvalue weighted by atomic mass is 10.2. The number of aromatic nitrogens is 2. The Kier molecular flexibility index (Phi) is 5.84. The van der Waals surface area contributed by atoms with Crippen LogP contribution in [0.15, 0.2) is 35.5 Å². The molecule has 0 bridgehead atoms. The van der Waals surface area contributed by atoms with Gasteiger partial charge in [-0.05, 0) is 24.1 Å². The highest BCUT2D eigenvalue weighted by Crippen LogP contribution is 2.20. The molecule has 2 aromatic rings. The summed E-state index contributed by atoms with van der Waals surface area (Å²) in [4.78, 5) is 0.0431. The Labute approximate surface area is 162 Å². The normalized spacial score (nSPS) is 17.5. The van der Waals surface area contributed by atoms with Crippen LogP contribution in [0.2, 0.25) is 0 Å². The molecule has 1 aromatic heterocycles. The summed E-state index contributed by atoms with van der Waals surface area (Å²) >= 11 is 0. The first-order valence-corrected chi connectivity index (χ1v) is 11.5. The first-order valence-electron chi connectivity index (χ1n) is 8.49. The molecule has 1 fully saturated rings. The lowest BCUT2D eigenvalue weighted by Gasteiger charge is -2.21. The van der Waals surface area contributed by atoms with Crippen LogP contribution in [0.3, 0.4) is 0 Å². The molecule has 0 atom stereocenters. The molecule has 0 N–H and O–H groups in total. The predicted octanol–water partition coefficient (Wildman–Crippen LogP) is 0.925. The zero-order valence-electron chi connectivity index (χ0n) is 15.1. The van der Waals surface area contributed by atoms with Crippen LogP contribution in [0, 0.1) is 11.6 Å². The SMILES string of the molecule is Cn1cc(S(=O)(=O)N2CCCN(S(=O)(=O)Cc3cc(F)cc(F)c3)CC2)cn1. The minimum absolute atomic E-state index is 0.00147. The second-order valence-electron chi connectivity index (χ2n) is 6.54. The van der Waals surface area contributed by atoms with Crippen LogP contribution < -0.4 is 0 Å². The maximum absolute atomic E-state index is 13.3. The van der Waals surface area contributed by atoms with E-state index in [4.69, 9.17) is 0 Å². The molecule has 12 heteroatoms. The molecule has 1 aliphatic heterocycles. The van der Waals surface area contributed by atoms with Gasteiger partial charge in [-0.2, -0.15) is 9.40 Å². The third-order valence-electron chi connectivity index (χ3n) is 4.40. The molecule has 1 aliphatic rings. The van der Waals surface area contributed by atoms with Crippen LogP contribution >= 0.6 is 0 Å². The number of nitrogens with zero attached hydrogens (tertiary/aromatic N) is 4. The average Bonchev–Trinajstić information content (AvgIpc) is 2.86. The molecule has 0 saturated carbocycles. The molecule has 8 nitrogen and oxygen atoms in total. The van der Waals surface area contributed by atoms with E-state index in [1.807, 2.05) is 0 Å². The van der Waals surface area contributed by atoms with Crippen molar-refractivity contribution < 1.29 is 25.6 Å². The Balaban J connectivity index is 1.73. The molecular weight excluding hydrogens is 414 g/mol. The van der Waals surface area contributed by atoms with Gasteiger partial charge in [-0.1, -0.05) is 0 Å². The van der Waals surface area contributed by atoms with Crippen molar-refractivity contribution in [1.29, 1.82) is 0 Å². The van der Waals surface area contributed by atoms with Gasteiger partial charge in [-0.25, -0.2) is 29.9 Å². The fraction of sp³-hybridized carbons (Fsp3) is 0.438. The zero-order chi connectivity index (χ0) is 20.5. The minimum atomic E-state index is -3.86. The van der Waals surface area contributed by atoms with Gasteiger partial charge >= 0.3 is 0 Å². The van der Waals surface area contributed by atoms with Gasteiger partial charge in [0.1, 0.15) is 16.5 Å². The number of hydrogen-bond acceptors (Lipinski definition) is 5. The zero-order valence-corrected chi connectivity index (χ0v) is 16.8. The van der Waals surface area contributed by atoms with Gasteiger partial charge in [0.15, 0.2) is 0 Å². The van der Waals surface area contributed by atoms with Crippen LogP contribution in [0.1, 0.15) is 12.0 Å². The molecule has 0 radical (unpaired) electrons. The fourth-order valence-electron chi connectivity index (χ4n) is 3.07. The number of sulfonamides is 2. The van der Waals surface area contributed by atoms with E-state index in [2.05, 4.69) is 5.10 Å². The van der Waals surface area contributed by atoms with E-state index >= 15 is 0 Å². The van der Waals surface area contributed by atoms with E-state index in [1.165, 1.54) is 21.4 Å². The maximum Gasteiger partial charge on any atom is 0.246 e. The Morgan fingerprint density at radius 1 is 0.964 bits per heavy atom. The summed E-state index contributed by atoms with van der Waals surface area (Å²) < 4.78 is 81.1. The molecule has 0 amide bonds. The first-order chi connectivity index (χ1) is 13.1. The van der Waals surface area contributed by atoms with Crippen molar-refractivity contribution in [2.24, 2.45) is 7.05 Å². The minimum Gasteiger partial charge on any atom is -0.274 e. The number of benzene rings is 1. The van der Waals surface area contributed by atoms with Crippen molar-refractivity contribution in [2.75, 3.05) is 26.2 Å². The van der Waals surface area contributed by atoms with Crippen LogP contribution in [0.4, 0.5) is 8.78 Å². The Bertz CT molecular complexity index is 1050. The van der Waals surface area contributed by atoms with Gasteiger partial charge in [0.05, 0.1) is 11.9 Å². The van der Waals surface area contributed by atoms with Crippen molar-refractivity contribution in [3.63, 3.8) is 0 Å². The van der Waals surface area contributed by atoms with Gasteiger partial charge in [-0.15, -0.1) is 0 Å². The summed E-state index contributed by atoms with van der Waals surface area (Å²) in [5, 5.41) is 3.86. The predicted molar refractivity (Wildman–Crippen MR) is 97.1 cm³/mol. The fourth-order valence-corrected chi connectivity index (χ4v) is 6.06. The Morgan fingerprint density at radius 3 is 2.18 bits per heavy atom. The largest absolute Gasteiger partial charge is 0.274 e. The molecule has 1 aromatic carbocycles. The van der Waals surface area contributed by atoms with Crippen LogP contribution in [0.5, 0.6) is 0 Å². The van der Waals surface area contributed by atoms with E-state index < -0.39 is 37.4 Å². The van der Waals surface area contributed by atoms with E-state index in [0.29, 0.717) is 12.5 Å². The van der Waals surface area contributed by atoms with Crippen molar-refractivity contribution in [1.82, 2.24) is 18.4 Å². The Hall–Kier alpha value is -1.89. The molecular formula is C16H20F2N4O4S2. The van der Waals surface area contributed by atoms with Crippen molar-refractivity contribution in [3.8, 4) is 0 Å². The van der Waals surface area contributed by atoms with Crippen molar-refractivity contribution in [3.05, 3.63) is 47.8 Å². The standard InChI is InChI=1S/C16H20F2N4O4S2/c1-20-11-16(10-19-20)28(25,26)22-4-2-3-21(5-6-22)27(23,24)12-13-7-14(17)9-15(18)8-13/h7-11H,2-6,12H2,1H3. The van der Waals surface area contributed by atoms with E-state index in [9.17, 15) is 25.6 Å². The van der Waals surface area contributed by atoms with E-state index in [-0.39, 0.29) is 36.6 Å². The van der Waals surface area contributed by atoms with Gasteiger partial charge in [0.2, 0.25) is 20.0 Å². The number of rotatable bonds is 5. The maximum atomic E-state index is 13.3. The smallest absolute Gasteiger partial charge is 0.246 e. The summed E-state index contributed by atoms with van der Waals surface area (Å²) in [7, 11) is -6.03. The van der Waals surface area contributed by atoms with Crippen LogP contribution in [-0.2, 0) is 32.8 Å². The second kappa shape index (κ2) is 7.85. The average molecular weight is 434 g/mol. The topological polar surface area (TPSA) is 92.6 Å². The third kappa shape index (κ3) is 4.57. The van der Waals surface area contributed by atoms with Crippen LogP contribution in [-0.4, -0.2) is 61.4 Å². The number of aryl methyl sites for hydroxylation is 1. The summed E-state index contributed by atoms with van der Waals surface area (Å²) in [6.07, 6.45) is 2.93. The molecule has 0 spiro atoms. The van der Waals surface area contributed by atoms with E-state index in [1.54, 1.807) is 7.05 Å². The quantitative estimate of drug-likeness (QED) is 0.698. The molecule has 1 saturated heterocycles. The van der Waals surface area contributed by atoms with Gasteiger partial charge in [0, 0.05) is 45.5 Å². The van der Waals surface area contributed by atoms with Crippen molar-refractivity contribution >= 4 is 20.0 Å². The molecule has 2 heterocycles. The molecule has 3 rings (SSSR count). The van der Waals surface area contributed by atoms with Crippen molar-refractivity contribution in [2.45, 2.75) is 17.1 Å². The highest BCUT2D eigenvalue weighted by molar-refractivity contribution is 7.89.